The fraction of sp³-hybridized carbons (Fsp3) is 0.360. The molecule has 3 aromatic rings. The normalized spacial score (nSPS) is 17.8. The zero-order valence-corrected chi connectivity index (χ0v) is 18.8. The van der Waals surface area contributed by atoms with Crippen LogP contribution in [0.1, 0.15) is 47.8 Å². The Morgan fingerprint density at radius 2 is 1.75 bits per heavy atom. The molecule has 1 saturated heterocycles. The van der Waals surface area contributed by atoms with E-state index in [9.17, 15) is 36.2 Å². The van der Waals surface area contributed by atoms with Crippen molar-refractivity contribution < 1.29 is 41.0 Å². The number of carbonyl (C=O) groups excluding carboxylic acids is 1. The van der Waals surface area contributed by atoms with Crippen molar-refractivity contribution in [3.63, 3.8) is 0 Å². The molecule has 5 nitrogen and oxygen atoms in total. The predicted molar refractivity (Wildman–Crippen MR) is 118 cm³/mol. The molecule has 0 bridgehead atoms. The maximum absolute atomic E-state index is 13.6. The van der Waals surface area contributed by atoms with Crippen LogP contribution in [0, 0.1) is 0 Å². The predicted octanol–water partition coefficient (Wildman–Crippen LogP) is 6.50. The van der Waals surface area contributed by atoms with Gasteiger partial charge in [-0.3, -0.25) is 0 Å². The lowest BCUT2D eigenvalue weighted by Crippen LogP contribution is -2.47. The van der Waals surface area contributed by atoms with E-state index >= 15 is 0 Å². The van der Waals surface area contributed by atoms with E-state index < -0.39 is 47.4 Å². The van der Waals surface area contributed by atoms with E-state index in [0.29, 0.717) is 25.0 Å². The number of hydrogen-bond donors (Lipinski definition) is 1. The number of benzene rings is 2. The molecule has 36 heavy (non-hydrogen) atoms. The molecule has 1 aliphatic rings. The Morgan fingerprint density at radius 3 is 2.42 bits per heavy atom. The maximum Gasteiger partial charge on any atom is 0.433 e. The van der Waals surface area contributed by atoms with Gasteiger partial charge in [0.15, 0.2) is 0 Å². The quantitative estimate of drug-likeness (QED) is 0.406. The van der Waals surface area contributed by atoms with Crippen molar-refractivity contribution in [1.82, 2.24) is 9.88 Å². The summed E-state index contributed by atoms with van der Waals surface area (Å²) in [5, 5.41) is 10.9. The molecule has 0 spiro atoms. The van der Waals surface area contributed by atoms with Crippen molar-refractivity contribution in [3.8, 4) is 0 Å². The van der Waals surface area contributed by atoms with Crippen molar-refractivity contribution in [2.75, 3.05) is 6.54 Å². The molecule has 11 heteroatoms. The van der Waals surface area contributed by atoms with E-state index in [1.165, 1.54) is 11.0 Å². The third-order valence-electron chi connectivity index (χ3n) is 6.14. The number of amides is 1. The average molecular weight is 512 g/mol. The molecule has 1 N–H and O–H groups in total. The van der Waals surface area contributed by atoms with Gasteiger partial charge in [-0.1, -0.05) is 42.5 Å². The number of fused-ring (bicyclic) bond motifs is 1. The lowest BCUT2D eigenvalue weighted by atomic mass is 9.90. The largest absolute Gasteiger partial charge is 0.445 e. The molecule has 2 heterocycles. The fourth-order valence-electron chi connectivity index (χ4n) is 4.42. The van der Waals surface area contributed by atoms with Crippen LogP contribution < -0.4 is 0 Å². The molecule has 0 saturated carbocycles. The molecular weight excluding hydrogens is 490 g/mol. The third kappa shape index (κ3) is 5.40. The Balaban J connectivity index is 1.72. The van der Waals surface area contributed by atoms with Crippen LogP contribution in [0.2, 0.25) is 0 Å². The molecule has 192 valence electrons. The molecule has 4 rings (SSSR count). The monoisotopic (exact) mass is 512 g/mol. The number of hydrogen-bond acceptors (Lipinski definition) is 4. The highest BCUT2D eigenvalue weighted by atomic mass is 19.4. The number of aliphatic hydroxyl groups is 1. The van der Waals surface area contributed by atoms with Crippen molar-refractivity contribution in [3.05, 3.63) is 77.0 Å². The van der Waals surface area contributed by atoms with E-state index in [-0.39, 0.29) is 30.5 Å². The molecule has 1 amide bonds. The van der Waals surface area contributed by atoms with Crippen LogP contribution in [-0.4, -0.2) is 33.7 Å². The van der Waals surface area contributed by atoms with Crippen LogP contribution in [0.4, 0.5) is 31.1 Å². The molecule has 1 aromatic heterocycles. The Morgan fingerprint density at radius 1 is 1.03 bits per heavy atom. The third-order valence-corrected chi connectivity index (χ3v) is 6.14. The SMILES string of the molecule is O=C(OCc1ccccc1)N1CCCCC1C(O)c1cc(C(F)(F)F)nc2c(C(F)(F)F)cccc12. The highest BCUT2D eigenvalue weighted by molar-refractivity contribution is 5.86. The molecule has 2 unspecified atom stereocenters. The first-order valence-electron chi connectivity index (χ1n) is 11.2. The molecular formula is C25H22F6N2O3. The summed E-state index contributed by atoms with van der Waals surface area (Å²) in [4.78, 5) is 17.3. The fourth-order valence-corrected chi connectivity index (χ4v) is 4.42. The lowest BCUT2D eigenvalue weighted by molar-refractivity contribution is -0.142. The van der Waals surface area contributed by atoms with Gasteiger partial charge in [-0.25, -0.2) is 9.78 Å². The van der Waals surface area contributed by atoms with Crippen LogP contribution in [0.3, 0.4) is 0 Å². The van der Waals surface area contributed by atoms with Gasteiger partial charge in [0.05, 0.1) is 17.1 Å². The summed E-state index contributed by atoms with van der Waals surface area (Å²) in [5.74, 6) is 0. The van der Waals surface area contributed by atoms with Gasteiger partial charge in [-0.05, 0) is 42.5 Å². The first kappa shape index (κ1) is 25.7. The number of pyridine rings is 1. The first-order chi connectivity index (χ1) is 17.0. The second kappa shape index (κ2) is 9.96. The van der Waals surface area contributed by atoms with Crippen molar-refractivity contribution in [2.45, 2.75) is 50.4 Å². The number of alkyl halides is 6. The zero-order chi connectivity index (χ0) is 26.1. The molecule has 2 aromatic carbocycles. The van der Waals surface area contributed by atoms with Crippen LogP contribution in [0.5, 0.6) is 0 Å². The molecule has 0 radical (unpaired) electrons. The van der Waals surface area contributed by atoms with E-state index in [1.807, 2.05) is 0 Å². The Hall–Kier alpha value is -3.34. The van der Waals surface area contributed by atoms with E-state index in [1.54, 1.807) is 30.3 Å². The Kier molecular flexibility index (Phi) is 7.12. The average Bonchev–Trinajstić information content (AvgIpc) is 2.85. The lowest BCUT2D eigenvalue weighted by Gasteiger charge is -2.38. The standard InChI is InChI=1S/C25H22F6N2O3/c26-24(27,28)18-10-6-9-16-17(13-20(25(29,30)31)32-21(16)18)22(34)19-11-4-5-12-33(19)23(35)36-14-15-7-2-1-3-8-15/h1-3,6-10,13,19,22,34H,4-5,11-12,14H2. The van der Waals surface area contributed by atoms with Crippen molar-refractivity contribution >= 4 is 17.0 Å². The first-order valence-corrected chi connectivity index (χ1v) is 11.2. The highest BCUT2D eigenvalue weighted by Crippen LogP contribution is 2.40. The van der Waals surface area contributed by atoms with Crippen molar-refractivity contribution in [1.29, 1.82) is 0 Å². The van der Waals surface area contributed by atoms with E-state index in [0.717, 1.165) is 11.6 Å². The molecule has 2 atom stereocenters. The summed E-state index contributed by atoms with van der Waals surface area (Å²) < 4.78 is 86.8. The van der Waals surface area contributed by atoms with Gasteiger partial charge in [0.1, 0.15) is 18.4 Å². The van der Waals surface area contributed by atoms with Crippen molar-refractivity contribution in [2.24, 2.45) is 0 Å². The number of ether oxygens (including phenoxy) is 1. The zero-order valence-electron chi connectivity index (χ0n) is 18.8. The summed E-state index contributed by atoms with van der Waals surface area (Å²) in [6, 6.07) is 11.2. The number of nitrogens with zero attached hydrogens (tertiary/aromatic N) is 2. The minimum Gasteiger partial charge on any atom is -0.445 e. The smallest absolute Gasteiger partial charge is 0.433 e. The van der Waals surface area contributed by atoms with Gasteiger partial charge in [-0.15, -0.1) is 0 Å². The summed E-state index contributed by atoms with van der Waals surface area (Å²) >= 11 is 0. The van der Waals surface area contributed by atoms with Crippen LogP contribution in [0.15, 0.2) is 54.6 Å². The Labute approximate surface area is 202 Å². The minimum absolute atomic E-state index is 0.0512. The van der Waals surface area contributed by atoms with Gasteiger partial charge < -0.3 is 14.7 Å². The summed E-state index contributed by atoms with van der Waals surface area (Å²) in [6.45, 7) is 0.128. The van der Waals surface area contributed by atoms with Gasteiger partial charge >= 0.3 is 18.4 Å². The molecule has 1 aliphatic heterocycles. The Bertz CT molecular complexity index is 1230. The van der Waals surface area contributed by atoms with Crippen LogP contribution in [0.25, 0.3) is 10.9 Å². The van der Waals surface area contributed by atoms with Gasteiger partial charge in [0.25, 0.3) is 0 Å². The summed E-state index contributed by atoms with van der Waals surface area (Å²) in [5.41, 5.74) is -3.49. The number of halogens is 6. The molecule has 0 aliphatic carbocycles. The summed E-state index contributed by atoms with van der Waals surface area (Å²) in [6.07, 6.45) is -11.1. The van der Waals surface area contributed by atoms with E-state index in [2.05, 4.69) is 4.98 Å². The minimum atomic E-state index is -5.05. The van der Waals surface area contributed by atoms with Gasteiger partial charge in [0.2, 0.25) is 0 Å². The van der Waals surface area contributed by atoms with E-state index in [4.69, 9.17) is 4.74 Å². The maximum atomic E-state index is 13.6. The number of rotatable bonds is 4. The van der Waals surface area contributed by atoms with Gasteiger partial charge in [-0.2, -0.15) is 26.3 Å². The van der Waals surface area contributed by atoms with Crippen LogP contribution >= 0.6 is 0 Å². The number of likely N-dealkylation sites (tertiary alicyclic amines) is 1. The highest BCUT2D eigenvalue weighted by Gasteiger charge is 2.40. The summed E-state index contributed by atoms with van der Waals surface area (Å²) in [7, 11) is 0. The molecule has 1 fully saturated rings. The number of para-hydroxylation sites is 1. The topological polar surface area (TPSA) is 62.7 Å². The second-order valence-electron chi connectivity index (χ2n) is 8.54. The number of aliphatic hydroxyl groups excluding tert-OH is 1. The van der Waals surface area contributed by atoms with Crippen LogP contribution in [-0.2, 0) is 23.7 Å². The number of aromatic nitrogens is 1. The number of piperidine rings is 1. The second-order valence-corrected chi connectivity index (χ2v) is 8.54. The number of carbonyl (C=O) groups is 1. The van der Waals surface area contributed by atoms with Gasteiger partial charge in [0, 0.05) is 11.9 Å².